The van der Waals surface area contributed by atoms with Crippen molar-refractivity contribution >= 4 is 17.0 Å². The van der Waals surface area contributed by atoms with Crippen molar-refractivity contribution in [1.82, 2.24) is 0 Å². The minimum Gasteiger partial charge on any atom is -0.451 e. The lowest BCUT2D eigenvalue weighted by Gasteiger charge is -2.08. The van der Waals surface area contributed by atoms with E-state index in [-0.39, 0.29) is 6.10 Å². The molecule has 0 aliphatic carbocycles. The molecule has 0 aromatic rings. The highest BCUT2D eigenvalue weighted by Crippen LogP contribution is 2.00. The van der Waals surface area contributed by atoms with E-state index < -0.39 is 5.43 Å². The molecule has 3 nitrogen and oxygen atoms in total. The zero-order valence-corrected chi connectivity index (χ0v) is 6.85. The molecule has 0 aromatic carbocycles. The van der Waals surface area contributed by atoms with Crippen LogP contribution in [0.1, 0.15) is 13.3 Å². The van der Waals surface area contributed by atoms with Crippen molar-refractivity contribution in [3.63, 3.8) is 0 Å². The topological polar surface area (TPSA) is 35.5 Å². The van der Waals surface area contributed by atoms with Crippen LogP contribution < -0.4 is 0 Å². The molecule has 1 atom stereocenters. The van der Waals surface area contributed by atoms with Crippen LogP contribution in [0.25, 0.3) is 0 Å². The summed E-state index contributed by atoms with van der Waals surface area (Å²) in [6.07, 6.45) is 0.513. The number of carbonyl (C=O) groups excluding carboxylic acids is 1. The lowest BCUT2D eigenvalue weighted by Crippen LogP contribution is -2.12. The van der Waals surface area contributed by atoms with Gasteiger partial charge in [0, 0.05) is 31.7 Å². The van der Waals surface area contributed by atoms with Crippen molar-refractivity contribution < 1.29 is 14.3 Å². The normalized spacial score (nSPS) is 12.7. The second kappa shape index (κ2) is 5.50. The Kier molecular flexibility index (Phi) is 5.35. The van der Waals surface area contributed by atoms with Crippen molar-refractivity contribution in [2.75, 3.05) is 13.7 Å². The zero-order valence-electron chi connectivity index (χ0n) is 6.09. The van der Waals surface area contributed by atoms with Gasteiger partial charge in [0.2, 0.25) is 0 Å². The third-order valence-electron chi connectivity index (χ3n) is 1.02. The molecule has 0 amide bonds. The first-order chi connectivity index (χ1) is 4.66. The Labute approximate surface area is 65.3 Å². The van der Waals surface area contributed by atoms with Gasteiger partial charge in [-0.05, 0) is 6.92 Å². The van der Waals surface area contributed by atoms with E-state index >= 15 is 0 Å². The summed E-state index contributed by atoms with van der Waals surface area (Å²) in [5, 5.41) is 0. The minimum absolute atomic E-state index is 0.162. The summed E-state index contributed by atoms with van der Waals surface area (Å²) in [5.74, 6) is 0. The molecule has 0 bridgehead atoms. The lowest BCUT2D eigenvalue weighted by atomic mass is 10.3. The number of methoxy groups -OCH3 is 1. The Morgan fingerprint density at radius 1 is 1.70 bits per heavy atom. The largest absolute Gasteiger partial charge is 0.451 e. The highest BCUT2D eigenvalue weighted by Gasteiger charge is 2.04. The summed E-state index contributed by atoms with van der Waals surface area (Å²) < 4.78 is 9.36. The van der Waals surface area contributed by atoms with E-state index in [9.17, 15) is 4.79 Å². The first-order valence-electron chi connectivity index (χ1n) is 3.02. The number of ether oxygens (including phenoxy) is 2. The zero-order chi connectivity index (χ0) is 7.98. The van der Waals surface area contributed by atoms with Gasteiger partial charge in [0.05, 0.1) is 0 Å². The van der Waals surface area contributed by atoms with Gasteiger partial charge in [-0.3, -0.25) is 0 Å². The molecule has 4 heteroatoms. The summed E-state index contributed by atoms with van der Waals surface area (Å²) >= 11 is 4.95. The SMILES string of the molecule is COCC[C@H](C)OC(=O)Cl. The monoisotopic (exact) mass is 166 g/mol. The summed E-state index contributed by atoms with van der Waals surface area (Å²) in [4.78, 5) is 10.1. The van der Waals surface area contributed by atoms with Crippen LogP contribution in [0.2, 0.25) is 0 Å². The van der Waals surface area contributed by atoms with E-state index in [0.29, 0.717) is 13.0 Å². The van der Waals surface area contributed by atoms with Crippen molar-refractivity contribution in [2.24, 2.45) is 0 Å². The number of halogens is 1. The van der Waals surface area contributed by atoms with E-state index in [0.717, 1.165) is 0 Å². The predicted octanol–water partition coefficient (Wildman–Crippen LogP) is 1.79. The number of hydrogen-bond donors (Lipinski definition) is 0. The quantitative estimate of drug-likeness (QED) is 0.598. The van der Waals surface area contributed by atoms with Crippen LogP contribution in [0, 0.1) is 0 Å². The van der Waals surface area contributed by atoms with Gasteiger partial charge in [0.25, 0.3) is 0 Å². The molecule has 0 spiro atoms. The van der Waals surface area contributed by atoms with Crippen LogP contribution in [-0.4, -0.2) is 25.2 Å². The molecule has 0 aliphatic rings. The van der Waals surface area contributed by atoms with E-state index in [2.05, 4.69) is 4.74 Å². The second-order valence-corrected chi connectivity index (χ2v) is 2.26. The van der Waals surface area contributed by atoms with Gasteiger partial charge in [0.1, 0.15) is 6.10 Å². The maximum absolute atomic E-state index is 10.1. The molecule has 0 unspecified atom stereocenters. The Morgan fingerprint density at radius 2 is 2.30 bits per heavy atom. The molecule has 0 saturated heterocycles. The minimum atomic E-state index is -0.761. The molecule has 0 rings (SSSR count). The van der Waals surface area contributed by atoms with Crippen molar-refractivity contribution in [2.45, 2.75) is 19.4 Å². The van der Waals surface area contributed by atoms with Crippen LogP contribution in [0.4, 0.5) is 4.79 Å². The first-order valence-corrected chi connectivity index (χ1v) is 3.39. The molecule has 0 fully saturated rings. The maximum atomic E-state index is 10.1. The molecule has 10 heavy (non-hydrogen) atoms. The summed E-state index contributed by atoms with van der Waals surface area (Å²) in [7, 11) is 1.59. The van der Waals surface area contributed by atoms with Gasteiger partial charge in [-0.2, -0.15) is 0 Å². The average Bonchev–Trinajstić information content (AvgIpc) is 1.82. The molecule has 0 radical (unpaired) electrons. The fourth-order valence-electron chi connectivity index (χ4n) is 0.501. The summed E-state index contributed by atoms with van der Waals surface area (Å²) in [6, 6.07) is 0. The molecular weight excluding hydrogens is 156 g/mol. The smallest absolute Gasteiger partial charge is 0.404 e. The molecule has 0 heterocycles. The standard InChI is InChI=1S/C6H11ClO3/c1-5(3-4-9-2)10-6(7)8/h5H,3-4H2,1-2H3/t5-/m0/s1. The van der Waals surface area contributed by atoms with Gasteiger partial charge in [-0.25, -0.2) is 4.79 Å². The molecule has 0 aliphatic heterocycles. The highest BCUT2D eigenvalue weighted by molar-refractivity contribution is 6.61. The van der Waals surface area contributed by atoms with Crippen molar-refractivity contribution in [3.8, 4) is 0 Å². The third kappa shape index (κ3) is 5.85. The van der Waals surface area contributed by atoms with Crippen LogP contribution in [0.5, 0.6) is 0 Å². The number of hydrogen-bond acceptors (Lipinski definition) is 3. The highest BCUT2D eigenvalue weighted by atomic mass is 35.5. The van der Waals surface area contributed by atoms with Gasteiger partial charge in [0.15, 0.2) is 0 Å². The number of carbonyl (C=O) groups is 1. The molecule has 0 saturated carbocycles. The summed E-state index contributed by atoms with van der Waals surface area (Å²) in [5.41, 5.74) is -0.761. The van der Waals surface area contributed by atoms with Gasteiger partial charge in [-0.1, -0.05) is 0 Å². The Hall–Kier alpha value is -0.280. The Balaban J connectivity index is 3.25. The van der Waals surface area contributed by atoms with Crippen LogP contribution >= 0.6 is 11.6 Å². The predicted molar refractivity (Wildman–Crippen MR) is 38.3 cm³/mol. The Bertz CT molecular complexity index is 105. The molecule has 0 N–H and O–H groups in total. The summed E-state index contributed by atoms with van der Waals surface area (Å²) in [6.45, 7) is 2.34. The van der Waals surface area contributed by atoms with E-state index in [4.69, 9.17) is 16.3 Å². The van der Waals surface area contributed by atoms with Crippen LogP contribution in [0.15, 0.2) is 0 Å². The molecular formula is C6H11ClO3. The van der Waals surface area contributed by atoms with E-state index in [1.54, 1.807) is 14.0 Å². The number of rotatable bonds is 4. The van der Waals surface area contributed by atoms with E-state index in [1.165, 1.54) is 0 Å². The van der Waals surface area contributed by atoms with Crippen molar-refractivity contribution in [1.29, 1.82) is 0 Å². The van der Waals surface area contributed by atoms with Gasteiger partial charge < -0.3 is 9.47 Å². The fraction of sp³-hybridized carbons (Fsp3) is 0.833. The Morgan fingerprint density at radius 3 is 2.70 bits per heavy atom. The third-order valence-corrected chi connectivity index (χ3v) is 1.11. The van der Waals surface area contributed by atoms with Crippen molar-refractivity contribution in [3.05, 3.63) is 0 Å². The average molecular weight is 167 g/mol. The van der Waals surface area contributed by atoms with Gasteiger partial charge in [-0.15, -0.1) is 0 Å². The lowest BCUT2D eigenvalue weighted by molar-refractivity contribution is 0.0978. The van der Waals surface area contributed by atoms with Gasteiger partial charge >= 0.3 is 5.43 Å². The molecule has 60 valence electrons. The van der Waals surface area contributed by atoms with E-state index in [1.807, 2.05) is 0 Å². The molecule has 0 aromatic heterocycles. The van der Waals surface area contributed by atoms with Crippen LogP contribution in [0.3, 0.4) is 0 Å². The fourth-order valence-corrected chi connectivity index (χ4v) is 0.653. The van der Waals surface area contributed by atoms with Crippen LogP contribution in [-0.2, 0) is 9.47 Å². The first kappa shape index (κ1) is 9.72. The second-order valence-electron chi connectivity index (χ2n) is 1.95. The maximum Gasteiger partial charge on any atom is 0.404 e.